The van der Waals surface area contributed by atoms with E-state index < -0.39 is 24.2 Å². The molecule has 8 nitrogen and oxygen atoms in total. The van der Waals surface area contributed by atoms with E-state index in [2.05, 4.69) is 15.5 Å². The molecule has 0 aliphatic heterocycles. The van der Waals surface area contributed by atoms with Crippen molar-refractivity contribution in [1.82, 2.24) is 10.1 Å². The van der Waals surface area contributed by atoms with Crippen LogP contribution in [-0.4, -0.2) is 33.5 Å². The monoisotopic (exact) mass is 523 g/mol. The zero-order chi connectivity index (χ0) is 25.2. The van der Waals surface area contributed by atoms with Gasteiger partial charge < -0.3 is 19.7 Å². The lowest BCUT2D eigenvalue weighted by Crippen LogP contribution is -2.34. The Kier molecular flexibility index (Phi) is 5.62. The molecule has 192 valence electrons. The van der Waals surface area contributed by atoms with E-state index in [0.717, 1.165) is 49.9 Å². The zero-order valence-electron chi connectivity index (χ0n) is 19.2. The van der Waals surface area contributed by atoms with Crippen molar-refractivity contribution >= 4 is 28.4 Å². The van der Waals surface area contributed by atoms with Crippen LogP contribution in [0, 0.1) is 17.8 Å². The van der Waals surface area contributed by atoms with Gasteiger partial charge in [-0.05, 0) is 69.3 Å². The summed E-state index contributed by atoms with van der Waals surface area (Å²) < 4.78 is 51.0. The third-order valence-electron chi connectivity index (χ3n) is 7.77. The van der Waals surface area contributed by atoms with Crippen LogP contribution in [0.5, 0.6) is 0 Å². The van der Waals surface area contributed by atoms with Crippen molar-refractivity contribution < 1.29 is 37.1 Å². The quantitative estimate of drug-likeness (QED) is 0.459. The Balaban J connectivity index is 1.38. The predicted molar refractivity (Wildman–Crippen MR) is 121 cm³/mol. The summed E-state index contributed by atoms with van der Waals surface area (Å²) in [6.45, 7) is 0. The van der Waals surface area contributed by atoms with E-state index in [-0.39, 0.29) is 48.7 Å². The Hall–Kier alpha value is -2.89. The van der Waals surface area contributed by atoms with Gasteiger partial charge in [-0.2, -0.15) is 18.2 Å². The zero-order valence-corrected chi connectivity index (χ0v) is 20.0. The van der Waals surface area contributed by atoms with Gasteiger partial charge in [0.25, 0.3) is 11.8 Å². The Morgan fingerprint density at radius 3 is 2.42 bits per heavy atom. The molecule has 2 N–H and O–H groups in total. The molecule has 5 aliphatic rings. The van der Waals surface area contributed by atoms with E-state index in [1.165, 1.54) is 0 Å². The summed E-state index contributed by atoms with van der Waals surface area (Å²) in [7, 11) is 0. The Labute approximate surface area is 207 Å². The number of ether oxygens (including phenoxy) is 1. The molecule has 36 heavy (non-hydrogen) atoms. The van der Waals surface area contributed by atoms with Crippen LogP contribution in [0.4, 0.5) is 23.0 Å². The van der Waals surface area contributed by atoms with Crippen LogP contribution in [-0.2, 0) is 22.4 Å². The molecule has 0 unspecified atom stereocenters. The maximum Gasteiger partial charge on any atom is 0.511 e. The maximum absolute atomic E-state index is 13.5. The molecule has 1 amide bonds. The highest BCUT2D eigenvalue weighted by Gasteiger charge is 2.44. The minimum Gasteiger partial charge on any atom is -0.449 e. The van der Waals surface area contributed by atoms with Gasteiger partial charge in [-0.3, -0.25) is 4.79 Å². The molecular weight excluding hydrogens is 499 g/mol. The first-order valence-corrected chi connectivity index (χ1v) is 13.0. The van der Waals surface area contributed by atoms with Gasteiger partial charge in [-0.15, -0.1) is 11.3 Å². The number of nitrogens with one attached hydrogen (secondary N) is 1. The van der Waals surface area contributed by atoms with E-state index in [0.29, 0.717) is 32.4 Å². The first kappa shape index (κ1) is 23.5. The lowest BCUT2D eigenvalue weighted by Gasteiger charge is -2.37. The third-order valence-corrected chi connectivity index (χ3v) is 8.94. The second-order valence-corrected chi connectivity index (χ2v) is 11.2. The number of allylic oxidation sites excluding steroid dienone is 1. The topological polar surface area (TPSA) is 115 Å². The lowest BCUT2D eigenvalue weighted by atomic mass is 9.70. The van der Waals surface area contributed by atoms with E-state index in [4.69, 9.17) is 9.26 Å². The summed E-state index contributed by atoms with van der Waals surface area (Å²) in [5, 5.41) is 16.5. The molecular formula is C24H24F3N3O5S. The second kappa shape index (κ2) is 8.60. The highest BCUT2D eigenvalue weighted by atomic mass is 32.1. The Morgan fingerprint density at radius 2 is 1.75 bits per heavy atom. The fourth-order valence-corrected chi connectivity index (χ4v) is 7.10. The summed E-state index contributed by atoms with van der Waals surface area (Å²) in [5.74, 6) is -1.02. The van der Waals surface area contributed by atoms with Gasteiger partial charge in [0.2, 0.25) is 0 Å². The van der Waals surface area contributed by atoms with Gasteiger partial charge in [-0.25, -0.2) is 4.79 Å². The third kappa shape index (κ3) is 4.18. The van der Waals surface area contributed by atoms with Crippen LogP contribution in [0.1, 0.15) is 67.1 Å². The number of hydrogen-bond acceptors (Lipinski definition) is 7. The highest BCUT2D eigenvalue weighted by molar-refractivity contribution is 7.17. The first-order chi connectivity index (χ1) is 17.2. The number of aromatic nitrogens is 2. The molecule has 2 bridgehead atoms. The number of carbonyl (C=O) groups is 2. The van der Waals surface area contributed by atoms with Crippen molar-refractivity contribution in [2.24, 2.45) is 17.8 Å². The van der Waals surface area contributed by atoms with Crippen LogP contribution < -0.4 is 5.32 Å². The number of thiophene rings is 1. The van der Waals surface area contributed by atoms with Crippen molar-refractivity contribution in [3.8, 4) is 11.5 Å². The number of hydrogen-bond donors (Lipinski definition) is 2. The molecule has 2 heterocycles. The van der Waals surface area contributed by atoms with Crippen LogP contribution >= 0.6 is 11.3 Å². The number of anilines is 1. The van der Waals surface area contributed by atoms with Gasteiger partial charge in [0.1, 0.15) is 10.8 Å². The number of nitrogens with zero attached hydrogens (tertiary/aromatic N) is 2. The van der Waals surface area contributed by atoms with Gasteiger partial charge >= 0.3 is 12.3 Å². The number of rotatable bonds is 5. The number of carboxylic acid groups (broad SMARTS) is 1. The number of fused-ring (bicyclic) bond motifs is 3. The molecule has 2 aromatic heterocycles. The predicted octanol–water partition coefficient (Wildman–Crippen LogP) is 6.05. The maximum atomic E-state index is 13.5. The molecule has 2 aromatic rings. The van der Waals surface area contributed by atoms with Crippen LogP contribution in [0.15, 0.2) is 15.9 Å². The molecule has 0 aromatic carbocycles. The fraction of sp³-hybridized carbons (Fsp3) is 0.583. The highest BCUT2D eigenvalue weighted by Crippen LogP contribution is 2.50. The lowest BCUT2D eigenvalue weighted by molar-refractivity contribution is -0.176. The van der Waals surface area contributed by atoms with Crippen molar-refractivity contribution in [2.75, 3.05) is 5.32 Å². The fourth-order valence-electron chi connectivity index (χ4n) is 5.79. The Bertz CT molecular complexity index is 1250. The summed E-state index contributed by atoms with van der Waals surface area (Å²) in [6, 6.07) is 0. The van der Waals surface area contributed by atoms with Gasteiger partial charge in [-0.1, -0.05) is 5.16 Å². The molecule has 1 atom stereocenters. The van der Waals surface area contributed by atoms with E-state index in [9.17, 15) is 27.9 Å². The Morgan fingerprint density at radius 1 is 1.06 bits per heavy atom. The normalized spacial score (nSPS) is 25.6. The number of alkyl halides is 3. The van der Waals surface area contributed by atoms with Crippen LogP contribution in [0.25, 0.3) is 11.5 Å². The van der Waals surface area contributed by atoms with Gasteiger partial charge in [0.05, 0.1) is 17.1 Å². The van der Waals surface area contributed by atoms with Gasteiger partial charge in [0.15, 0.2) is 5.82 Å². The molecule has 0 saturated heterocycles. The molecule has 2 fully saturated rings. The van der Waals surface area contributed by atoms with E-state index in [1.807, 2.05) is 0 Å². The summed E-state index contributed by atoms with van der Waals surface area (Å²) in [4.78, 5) is 29.9. The first-order valence-electron chi connectivity index (χ1n) is 12.2. The average molecular weight is 524 g/mol. The van der Waals surface area contributed by atoms with Crippen molar-refractivity contribution in [1.29, 1.82) is 0 Å². The van der Waals surface area contributed by atoms with Gasteiger partial charge in [0, 0.05) is 16.7 Å². The largest absolute Gasteiger partial charge is 0.511 e. The summed E-state index contributed by atoms with van der Waals surface area (Å²) in [6.07, 6.45) is -0.855. The standard InChI is InChI=1S/C24H24F3N3O5S/c25-24(26,27)13-7-8-14-15(9-13)36-22(17(14)21-28-19(30-35-21)12-5-6-12)29-20(31)16-10-1-3-11(4-2-10)18(16)34-23(32)33/h10-13H,1-9H2,(H,29,31)(H,32,33)/t10?,11?,13-/m0/s1. The minimum atomic E-state index is -4.30. The second-order valence-electron chi connectivity index (χ2n) is 10.1. The van der Waals surface area contributed by atoms with E-state index >= 15 is 0 Å². The number of halogens is 3. The molecule has 0 radical (unpaired) electrons. The van der Waals surface area contributed by atoms with Crippen LogP contribution in [0.2, 0.25) is 0 Å². The SMILES string of the molecule is O=C(O)OC1=C(C(=O)Nc2sc3c(c2-c2nc(C4CC4)no2)CC[C@H](C(F)(F)F)C3)C2CCC1CC2. The van der Waals surface area contributed by atoms with E-state index in [1.54, 1.807) is 0 Å². The summed E-state index contributed by atoms with van der Waals surface area (Å²) >= 11 is 1.10. The van der Waals surface area contributed by atoms with Crippen molar-refractivity contribution in [3.05, 3.63) is 27.6 Å². The molecule has 7 rings (SSSR count). The molecule has 5 aliphatic carbocycles. The molecule has 2 saturated carbocycles. The number of carbonyl (C=O) groups excluding carboxylic acids is 1. The smallest absolute Gasteiger partial charge is 0.449 e. The molecule has 0 spiro atoms. The van der Waals surface area contributed by atoms with Crippen molar-refractivity contribution in [3.63, 3.8) is 0 Å². The number of amides is 1. The van der Waals surface area contributed by atoms with Crippen LogP contribution in [0.3, 0.4) is 0 Å². The average Bonchev–Trinajstić information content (AvgIpc) is 3.46. The molecule has 12 heteroatoms. The minimum absolute atomic E-state index is 0.0528. The summed E-state index contributed by atoms with van der Waals surface area (Å²) in [5.41, 5.74) is 1.49. The van der Waals surface area contributed by atoms with Crippen molar-refractivity contribution in [2.45, 2.75) is 69.9 Å².